The molecule has 1 aliphatic carbocycles. The summed E-state index contributed by atoms with van der Waals surface area (Å²) in [7, 11) is -3.69. The van der Waals surface area contributed by atoms with E-state index in [0.29, 0.717) is 30.0 Å². The first kappa shape index (κ1) is 19.2. The molecule has 1 saturated heterocycles. The van der Waals surface area contributed by atoms with Gasteiger partial charge in [0.1, 0.15) is 11.5 Å². The summed E-state index contributed by atoms with van der Waals surface area (Å²) in [5.74, 6) is 0.229. The zero-order chi connectivity index (χ0) is 20.4. The standard InChI is InChI=1S/C19H20N4O5S/c24-18-16-11-15(5-6-17(16)21-19(25)22-18)29(26,27)23-12-1-3-13(4-2-12)28-14-7-9-20-10-8-14/h1-4,7-10,15-17,23H,5-6,11H2,(H2,21,22,24,25). The summed E-state index contributed by atoms with van der Waals surface area (Å²) in [6.45, 7) is 0. The number of pyridine rings is 1. The number of benzene rings is 1. The first-order chi connectivity index (χ1) is 13.9. The van der Waals surface area contributed by atoms with E-state index in [-0.39, 0.29) is 12.5 Å². The number of sulfonamides is 1. The van der Waals surface area contributed by atoms with Crippen molar-refractivity contribution in [1.82, 2.24) is 15.6 Å². The highest BCUT2D eigenvalue weighted by molar-refractivity contribution is 7.93. The third kappa shape index (κ3) is 4.32. The number of urea groups is 1. The number of carbonyl (C=O) groups is 2. The molecule has 1 aromatic heterocycles. The first-order valence-corrected chi connectivity index (χ1v) is 10.8. The summed E-state index contributed by atoms with van der Waals surface area (Å²) in [5, 5.41) is 4.19. The van der Waals surface area contributed by atoms with Crippen LogP contribution >= 0.6 is 0 Å². The van der Waals surface area contributed by atoms with Gasteiger partial charge < -0.3 is 10.1 Å². The SMILES string of the molecule is O=C1NC(=O)C2CC(S(=O)(=O)Nc3ccc(Oc4ccncc4)cc3)CCC2N1. The van der Waals surface area contributed by atoms with Crippen molar-refractivity contribution < 1.29 is 22.7 Å². The van der Waals surface area contributed by atoms with E-state index in [0.717, 1.165) is 0 Å². The first-order valence-electron chi connectivity index (χ1n) is 9.22. The largest absolute Gasteiger partial charge is 0.457 e. The summed E-state index contributed by atoms with van der Waals surface area (Å²) in [6, 6.07) is 9.17. The highest BCUT2D eigenvalue weighted by atomic mass is 32.2. The van der Waals surface area contributed by atoms with E-state index in [1.54, 1.807) is 48.8 Å². The molecule has 2 fully saturated rings. The van der Waals surface area contributed by atoms with Gasteiger partial charge in [0.25, 0.3) is 0 Å². The fraction of sp³-hybridized carbons (Fsp3) is 0.316. The maximum Gasteiger partial charge on any atom is 0.321 e. The molecule has 1 saturated carbocycles. The Labute approximate surface area is 167 Å². The van der Waals surface area contributed by atoms with Crippen molar-refractivity contribution in [1.29, 1.82) is 0 Å². The number of carbonyl (C=O) groups excluding carboxylic acids is 2. The Morgan fingerprint density at radius 3 is 2.41 bits per heavy atom. The molecule has 3 amide bonds. The van der Waals surface area contributed by atoms with Crippen molar-refractivity contribution >= 4 is 27.6 Å². The van der Waals surface area contributed by atoms with Crippen LogP contribution in [-0.4, -0.2) is 36.6 Å². The van der Waals surface area contributed by atoms with E-state index in [1.807, 2.05) is 0 Å². The Kier molecular flexibility index (Phi) is 5.10. The highest BCUT2D eigenvalue weighted by Gasteiger charge is 2.43. The number of rotatable bonds is 5. The minimum Gasteiger partial charge on any atom is -0.457 e. The number of hydrogen-bond acceptors (Lipinski definition) is 6. The molecule has 1 aliphatic heterocycles. The minimum atomic E-state index is -3.69. The topological polar surface area (TPSA) is 126 Å². The van der Waals surface area contributed by atoms with Crippen molar-refractivity contribution in [3.8, 4) is 11.5 Å². The number of amides is 3. The zero-order valence-electron chi connectivity index (χ0n) is 15.4. The Balaban J connectivity index is 1.41. The molecule has 3 unspecified atom stereocenters. The average molecular weight is 416 g/mol. The van der Waals surface area contributed by atoms with Crippen molar-refractivity contribution in [3.63, 3.8) is 0 Å². The van der Waals surface area contributed by atoms with E-state index in [9.17, 15) is 18.0 Å². The molecule has 29 heavy (non-hydrogen) atoms. The second-order valence-corrected chi connectivity index (χ2v) is 9.03. The predicted octanol–water partition coefficient (Wildman–Crippen LogP) is 1.99. The summed E-state index contributed by atoms with van der Waals surface area (Å²) in [5.41, 5.74) is 0.413. The van der Waals surface area contributed by atoms with E-state index in [4.69, 9.17) is 4.74 Å². The second-order valence-electron chi connectivity index (χ2n) is 7.07. The fourth-order valence-corrected chi connectivity index (χ4v) is 5.20. The van der Waals surface area contributed by atoms with Crippen LogP contribution in [0, 0.1) is 5.92 Å². The van der Waals surface area contributed by atoms with Gasteiger partial charge in [0.15, 0.2) is 0 Å². The molecule has 0 spiro atoms. The Morgan fingerprint density at radius 2 is 1.69 bits per heavy atom. The van der Waals surface area contributed by atoms with Crippen LogP contribution in [0.15, 0.2) is 48.8 Å². The van der Waals surface area contributed by atoms with Gasteiger partial charge in [0, 0.05) is 24.1 Å². The Morgan fingerprint density at radius 1 is 1.00 bits per heavy atom. The minimum absolute atomic E-state index is 0.162. The van der Waals surface area contributed by atoms with Crippen molar-refractivity contribution in [2.75, 3.05) is 4.72 Å². The molecule has 4 rings (SSSR count). The third-order valence-electron chi connectivity index (χ3n) is 5.13. The molecule has 10 heteroatoms. The van der Waals surface area contributed by atoms with E-state index < -0.39 is 33.1 Å². The molecule has 2 aromatic rings. The van der Waals surface area contributed by atoms with Crippen LogP contribution in [0.3, 0.4) is 0 Å². The molecule has 2 aliphatic rings. The van der Waals surface area contributed by atoms with Gasteiger partial charge in [0.05, 0.1) is 11.2 Å². The lowest BCUT2D eigenvalue weighted by molar-refractivity contribution is -0.126. The Bertz CT molecular complexity index is 1010. The molecule has 0 bridgehead atoms. The second kappa shape index (κ2) is 7.70. The molecule has 9 nitrogen and oxygen atoms in total. The molecular formula is C19H20N4O5S. The quantitative estimate of drug-likeness (QED) is 0.684. The lowest BCUT2D eigenvalue weighted by atomic mass is 9.82. The number of anilines is 1. The predicted molar refractivity (Wildman–Crippen MR) is 105 cm³/mol. The molecule has 152 valence electrons. The van der Waals surface area contributed by atoms with Gasteiger partial charge in [-0.25, -0.2) is 13.2 Å². The number of aromatic nitrogens is 1. The van der Waals surface area contributed by atoms with Gasteiger partial charge in [-0.3, -0.25) is 19.8 Å². The molecule has 0 radical (unpaired) electrons. The average Bonchev–Trinajstić information content (AvgIpc) is 2.70. The van der Waals surface area contributed by atoms with Crippen molar-refractivity contribution in [2.45, 2.75) is 30.6 Å². The summed E-state index contributed by atoms with van der Waals surface area (Å²) < 4.78 is 33.9. The lowest BCUT2D eigenvalue weighted by Gasteiger charge is -2.38. The summed E-state index contributed by atoms with van der Waals surface area (Å²) in [4.78, 5) is 27.4. The number of nitrogens with one attached hydrogen (secondary N) is 3. The normalized spacial score (nSPS) is 24.1. The highest BCUT2D eigenvalue weighted by Crippen LogP contribution is 2.32. The number of hydrogen-bond donors (Lipinski definition) is 3. The maximum absolute atomic E-state index is 12.8. The molecule has 3 atom stereocenters. The number of ether oxygens (including phenoxy) is 1. The Hall–Kier alpha value is -3.14. The van der Waals surface area contributed by atoms with E-state index >= 15 is 0 Å². The smallest absolute Gasteiger partial charge is 0.321 e. The fourth-order valence-electron chi connectivity index (χ4n) is 3.67. The van der Waals surface area contributed by atoms with Gasteiger partial charge in [-0.05, 0) is 55.7 Å². The summed E-state index contributed by atoms with van der Waals surface area (Å²) >= 11 is 0. The monoisotopic (exact) mass is 416 g/mol. The van der Waals surface area contributed by atoms with Crippen LogP contribution in [0.4, 0.5) is 10.5 Å². The van der Waals surface area contributed by atoms with E-state index in [2.05, 4.69) is 20.3 Å². The van der Waals surface area contributed by atoms with Gasteiger partial charge in [0.2, 0.25) is 15.9 Å². The number of imide groups is 1. The van der Waals surface area contributed by atoms with Crippen LogP contribution in [0.25, 0.3) is 0 Å². The van der Waals surface area contributed by atoms with Gasteiger partial charge in [-0.2, -0.15) is 0 Å². The number of nitrogens with zero attached hydrogens (tertiary/aromatic N) is 1. The van der Waals surface area contributed by atoms with Gasteiger partial charge >= 0.3 is 6.03 Å². The van der Waals surface area contributed by atoms with Crippen molar-refractivity contribution in [2.24, 2.45) is 5.92 Å². The molecule has 2 heterocycles. The van der Waals surface area contributed by atoms with Crippen LogP contribution in [0.5, 0.6) is 11.5 Å². The maximum atomic E-state index is 12.8. The van der Waals surface area contributed by atoms with Crippen LogP contribution in [0.2, 0.25) is 0 Å². The molecule has 1 aromatic carbocycles. The molecule has 3 N–H and O–H groups in total. The zero-order valence-corrected chi connectivity index (χ0v) is 16.2. The molecular weight excluding hydrogens is 396 g/mol. The van der Waals surface area contributed by atoms with Gasteiger partial charge in [-0.1, -0.05) is 0 Å². The van der Waals surface area contributed by atoms with Crippen LogP contribution < -0.4 is 20.1 Å². The number of fused-ring (bicyclic) bond motifs is 1. The van der Waals surface area contributed by atoms with E-state index in [1.165, 1.54) is 0 Å². The summed E-state index contributed by atoms with van der Waals surface area (Å²) in [6.07, 6.45) is 4.20. The van der Waals surface area contributed by atoms with Crippen LogP contribution in [-0.2, 0) is 14.8 Å². The third-order valence-corrected chi connectivity index (χ3v) is 6.96. The van der Waals surface area contributed by atoms with Crippen LogP contribution in [0.1, 0.15) is 19.3 Å². The van der Waals surface area contributed by atoms with Gasteiger partial charge in [-0.15, -0.1) is 0 Å². The van der Waals surface area contributed by atoms with Crippen molar-refractivity contribution in [3.05, 3.63) is 48.8 Å². The lowest BCUT2D eigenvalue weighted by Crippen LogP contribution is -2.60.